The summed E-state index contributed by atoms with van der Waals surface area (Å²) in [6.07, 6.45) is 1.55. The normalized spacial score (nSPS) is 10.4. The maximum Gasteiger partial charge on any atom is 0.319 e. The molecule has 3 N–H and O–H groups in total. The third-order valence-corrected chi connectivity index (χ3v) is 4.22. The first-order chi connectivity index (χ1) is 15.2. The summed E-state index contributed by atoms with van der Waals surface area (Å²) in [5.74, 6) is 0.866. The highest BCUT2D eigenvalue weighted by atomic mass is 16.5. The summed E-state index contributed by atoms with van der Waals surface area (Å²) in [4.78, 5) is 24.6. The number of carbonyl (C=O) groups is 2. The molecule has 8 nitrogen and oxygen atoms in total. The number of rotatable bonds is 10. The molecule has 0 spiro atoms. The predicted molar refractivity (Wildman–Crippen MR) is 117 cm³/mol. The van der Waals surface area contributed by atoms with Gasteiger partial charge in [0.15, 0.2) is 0 Å². The second kappa shape index (κ2) is 11.4. The Kier molecular flexibility index (Phi) is 8.07. The second-order valence-electron chi connectivity index (χ2n) is 6.46. The number of nitrogens with one attached hydrogen (secondary N) is 3. The third-order valence-electron chi connectivity index (χ3n) is 4.22. The van der Waals surface area contributed by atoms with Gasteiger partial charge in [0, 0.05) is 18.0 Å². The van der Waals surface area contributed by atoms with Crippen molar-refractivity contribution in [2.45, 2.75) is 13.5 Å². The molecule has 0 bridgehead atoms. The molecule has 1 aromatic heterocycles. The lowest BCUT2D eigenvalue weighted by molar-refractivity contribution is 0.0998. The summed E-state index contributed by atoms with van der Waals surface area (Å²) in [5, 5.41) is 8.25. The van der Waals surface area contributed by atoms with Crippen molar-refractivity contribution < 1.29 is 23.5 Å². The van der Waals surface area contributed by atoms with Crippen LogP contribution in [0.15, 0.2) is 71.3 Å². The smallest absolute Gasteiger partial charge is 0.319 e. The van der Waals surface area contributed by atoms with Crippen LogP contribution in [0.4, 0.5) is 16.2 Å². The van der Waals surface area contributed by atoms with Gasteiger partial charge in [-0.1, -0.05) is 12.1 Å². The Labute approximate surface area is 180 Å². The van der Waals surface area contributed by atoms with Crippen molar-refractivity contribution in [3.05, 3.63) is 78.3 Å². The van der Waals surface area contributed by atoms with Gasteiger partial charge < -0.3 is 29.8 Å². The van der Waals surface area contributed by atoms with E-state index in [0.29, 0.717) is 54.8 Å². The third kappa shape index (κ3) is 6.90. The zero-order valence-electron chi connectivity index (χ0n) is 17.2. The van der Waals surface area contributed by atoms with Gasteiger partial charge >= 0.3 is 6.03 Å². The van der Waals surface area contributed by atoms with Crippen LogP contribution in [0, 0.1) is 0 Å². The standard InChI is InChI=1S/C23H25N3O5/c1-2-29-14-15-31-21-8-4-3-7-20(21)22(27)25-17-9-11-18(12-10-17)26-23(28)24-16-19-6-5-13-30-19/h3-13H,2,14-16H2,1H3,(H,25,27)(H2,24,26,28). The van der Waals surface area contributed by atoms with Gasteiger partial charge in [0.1, 0.15) is 18.1 Å². The number of urea groups is 1. The van der Waals surface area contributed by atoms with E-state index in [1.54, 1.807) is 60.9 Å². The van der Waals surface area contributed by atoms with E-state index < -0.39 is 0 Å². The number of benzene rings is 2. The fourth-order valence-electron chi connectivity index (χ4n) is 2.73. The van der Waals surface area contributed by atoms with Crippen molar-refractivity contribution >= 4 is 23.3 Å². The number of para-hydroxylation sites is 1. The number of hydrogen-bond acceptors (Lipinski definition) is 5. The first kappa shape index (κ1) is 21.9. The Bertz CT molecular complexity index is 971. The van der Waals surface area contributed by atoms with Crippen LogP contribution in [0.3, 0.4) is 0 Å². The molecule has 0 aliphatic rings. The molecule has 0 saturated heterocycles. The molecule has 0 fully saturated rings. The van der Waals surface area contributed by atoms with Crippen LogP contribution in [0.25, 0.3) is 0 Å². The molecule has 0 aliphatic heterocycles. The lowest BCUT2D eigenvalue weighted by atomic mass is 10.2. The van der Waals surface area contributed by atoms with Crippen molar-refractivity contribution in [1.82, 2.24) is 5.32 Å². The fraction of sp³-hybridized carbons (Fsp3) is 0.217. The van der Waals surface area contributed by atoms with Gasteiger partial charge in [-0.15, -0.1) is 0 Å². The first-order valence-electron chi connectivity index (χ1n) is 9.94. The minimum Gasteiger partial charge on any atom is -0.490 e. The van der Waals surface area contributed by atoms with Gasteiger partial charge in [-0.25, -0.2) is 4.79 Å². The molecule has 3 rings (SSSR count). The van der Waals surface area contributed by atoms with Gasteiger partial charge in [-0.05, 0) is 55.5 Å². The molecule has 3 amide bonds. The first-order valence-corrected chi connectivity index (χ1v) is 9.94. The molecule has 162 valence electrons. The molecule has 1 heterocycles. The van der Waals surface area contributed by atoms with Gasteiger partial charge in [-0.3, -0.25) is 4.79 Å². The quantitative estimate of drug-likeness (QED) is 0.423. The van der Waals surface area contributed by atoms with Crippen molar-refractivity contribution in [3.63, 3.8) is 0 Å². The molecular formula is C23H25N3O5. The highest BCUT2D eigenvalue weighted by Crippen LogP contribution is 2.20. The van der Waals surface area contributed by atoms with Crippen LogP contribution in [-0.4, -0.2) is 31.8 Å². The van der Waals surface area contributed by atoms with E-state index in [1.807, 2.05) is 13.0 Å². The topological polar surface area (TPSA) is 102 Å². The Morgan fingerprint density at radius 2 is 1.65 bits per heavy atom. The molecule has 8 heteroatoms. The summed E-state index contributed by atoms with van der Waals surface area (Å²) in [7, 11) is 0. The largest absolute Gasteiger partial charge is 0.490 e. The predicted octanol–water partition coefficient (Wildman–Crippen LogP) is 4.27. The molecule has 0 unspecified atom stereocenters. The second-order valence-corrected chi connectivity index (χ2v) is 6.46. The number of anilines is 2. The van der Waals surface area contributed by atoms with E-state index in [0.717, 1.165) is 0 Å². The summed E-state index contributed by atoms with van der Waals surface area (Å²) < 4.78 is 16.1. The van der Waals surface area contributed by atoms with Crippen LogP contribution in [0.5, 0.6) is 5.75 Å². The maximum atomic E-state index is 12.7. The maximum absolute atomic E-state index is 12.7. The Balaban J connectivity index is 1.52. The Morgan fingerprint density at radius 3 is 2.35 bits per heavy atom. The van der Waals surface area contributed by atoms with Crippen LogP contribution in [0.2, 0.25) is 0 Å². The number of carbonyl (C=O) groups excluding carboxylic acids is 2. The van der Waals surface area contributed by atoms with Gasteiger partial charge in [0.05, 0.1) is 25.0 Å². The highest BCUT2D eigenvalue weighted by Gasteiger charge is 2.12. The summed E-state index contributed by atoms with van der Waals surface area (Å²) in [5.41, 5.74) is 1.61. The summed E-state index contributed by atoms with van der Waals surface area (Å²) >= 11 is 0. The summed E-state index contributed by atoms with van der Waals surface area (Å²) in [6, 6.07) is 17.0. The molecule has 0 saturated carbocycles. The molecule has 3 aromatic rings. The lowest BCUT2D eigenvalue weighted by Crippen LogP contribution is -2.27. The number of hydrogen-bond donors (Lipinski definition) is 3. The van der Waals surface area contributed by atoms with E-state index >= 15 is 0 Å². The van der Waals surface area contributed by atoms with Crippen LogP contribution < -0.4 is 20.7 Å². The van der Waals surface area contributed by atoms with Crippen molar-refractivity contribution in [3.8, 4) is 5.75 Å². The van der Waals surface area contributed by atoms with E-state index in [1.165, 1.54) is 0 Å². The zero-order valence-corrected chi connectivity index (χ0v) is 17.2. The van der Waals surface area contributed by atoms with E-state index in [2.05, 4.69) is 16.0 Å². The monoisotopic (exact) mass is 423 g/mol. The van der Waals surface area contributed by atoms with Crippen molar-refractivity contribution in [2.24, 2.45) is 0 Å². The average Bonchev–Trinajstić information content (AvgIpc) is 3.31. The molecule has 0 atom stereocenters. The molecule has 0 radical (unpaired) electrons. The zero-order chi connectivity index (χ0) is 21.9. The van der Waals surface area contributed by atoms with Gasteiger partial charge in [0.25, 0.3) is 5.91 Å². The van der Waals surface area contributed by atoms with E-state index in [4.69, 9.17) is 13.9 Å². The van der Waals surface area contributed by atoms with E-state index in [9.17, 15) is 9.59 Å². The van der Waals surface area contributed by atoms with Crippen LogP contribution in [0.1, 0.15) is 23.0 Å². The van der Waals surface area contributed by atoms with Crippen LogP contribution in [-0.2, 0) is 11.3 Å². The lowest BCUT2D eigenvalue weighted by Gasteiger charge is -2.12. The average molecular weight is 423 g/mol. The number of amides is 3. The Hall–Kier alpha value is -3.78. The molecular weight excluding hydrogens is 398 g/mol. The molecule has 31 heavy (non-hydrogen) atoms. The van der Waals surface area contributed by atoms with Crippen molar-refractivity contribution in [2.75, 3.05) is 30.5 Å². The number of furan rings is 1. The molecule has 2 aromatic carbocycles. The van der Waals surface area contributed by atoms with Gasteiger partial charge in [-0.2, -0.15) is 0 Å². The fourth-order valence-corrected chi connectivity index (χ4v) is 2.73. The summed E-state index contributed by atoms with van der Waals surface area (Å²) in [6.45, 7) is 3.63. The minimum atomic E-state index is -0.355. The molecule has 0 aliphatic carbocycles. The van der Waals surface area contributed by atoms with Crippen LogP contribution >= 0.6 is 0 Å². The SMILES string of the molecule is CCOCCOc1ccccc1C(=O)Nc1ccc(NC(=O)NCc2ccco2)cc1. The van der Waals surface area contributed by atoms with Gasteiger partial charge in [0.2, 0.25) is 0 Å². The Morgan fingerprint density at radius 1 is 0.903 bits per heavy atom. The van der Waals surface area contributed by atoms with Crippen molar-refractivity contribution in [1.29, 1.82) is 0 Å². The highest BCUT2D eigenvalue weighted by molar-refractivity contribution is 6.06. The van der Waals surface area contributed by atoms with E-state index in [-0.39, 0.29) is 11.9 Å². The number of ether oxygens (including phenoxy) is 2. The minimum absolute atomic E-state index is 0.288.